The van der Waals surface area contributed by atoms with Gasteiger partial charge in [-0.2, -0.15) is 0 Å². The Hall–Kier alpha value is -2.01. The topological polar surface area (TPSA) is 58.6 Å². The van der Waals surface area contributed by atoms with E-state index in [2.05, 4.69) is 15.0 Å². The van der Waals surface area contributed by atoms with Crippen molar-refractivity contribution in [2.45, 2.75) is 32.1 Å². The molecule has 4 nitrogen and oxygen atoms in total. The van der Waals surface area contributed by atoms with E-state index in [0.717, 1.165) is 23.1 Å². The van der Waals surface area contributed by atoms with E-state index in [0.29, 0.717) is 11.5 Å². The van der Waals surface area contributed by atoms with E-state index in [9.17, 15) is 4.79 Å². The predicted molar refractivity (Wildman–Crippen MR) is 84.7 cm³/mol. The minimum atomic E-state index is -0.0277. The molecule has 0 fully saturated rings. The summed E-state index contributed by atoms with van der Waals surface area (Å²) in [7, 11) is 0. The zero-order chi connectivity index (χ0) is 14.2. The molecule has 4 rings (SSSR count). The lowest BCUT2D eigenvalue weighted by molar-refractivity contribution is 0.713. The Balaban J connectivity index is 1.94. The summed E-state index contributed by atoms with van der Waals surface area (Å²) in [5.74, 6) is 0.560. The quantitative estimate of drug-likeness (QED) is 0.701. The van der Waals surface area contributed by atoms with Crippen molar-refractivity contribution in [1.82, 2.24) is 15.0 Å². The van der Waals surface area contributed by atoms with Crippen molar-refractivity contribution >= 4 is 21.6 Å². The lowest BCUT2D eigenvalue weighted by Crippen LogP contribution is -2.10. The van der Waals surface area contributed by atoms with Gasteiger partial charge in [0, 0.05) is 11.1 Å². The van der Waals surface area contributed by atoms with Gasteiger partial charge in [0.25, 0.3) is 5.56 Å². The lowest BCUT2D eigenvalue weighted by Gasteiger charge is -2.01. The van der Waals surface area contributed by atoms with Crippen LogP contribution in [0.25, 0.3) is 21.7 Å². The predicted octanol–water partition coefficient (Wildman–Crippen LogP) is 3.32. The van der Waals surface area contributed by atoms with Crippen LogP contribution in [0.15, 0.2) is 29.2 Å². The zero-order valence-corrected chi connectivity index (χ0v) is 12.4. The maximum Gasteiger partial charge on any atom is 0.260 e. The highest BCUT2D eigenvalue weighted by Gasteiger charge is 2.19. The number of nitrogens with zero attached hydrogens (tertiary/aromatic N) is 2. The third kappa shape index (κ3) is 2.17. The molecule has 106 valence electrons. The molecule has 0 bridgehead atoms. The van der Waals surface area contributed by atoms with Crippen LogP contribution in [-0.4, -0.2) is 15.0 Å². The standard InChI is InChI=1S/C16H15N3OS/c20-15-13-10-6-2-1-3-8-12(10)21-16(13)19-14(18-15)11-7-4-5-9-17-11/h4-5,7,9H,1-3,6,8H2,(H,18,19,20). The first kappa shape index (κ1) is 12.7. The molecule has 1 aliphatic rings. The first-order chi connectivity index (χ1) is 10.3. The van der Waals surface area contributed by atoms with Gasteiger partial charge in [0.15, 0.2) is 5.82 Å². The van der Waals surface area contributed by atoms with Gasteiger partial charge < -0.3 is 4.98 Å². The fourth-order valence-corrected chi connectivity index (χ4v) is 4.23. The van der Waals surface area contributed by atoms with Gasteiger partial charge in [-0.05, 0) is 43.4 Å². The van der Waals surface area contributed by atoms with Crippen molar-refractivity contribution in [2.24, 2.45) is 0 Å². The van der Waals surface area contributed by atoms with Crippen LogP contribution in [0.2, 0.25) is 0 Å². The molecule has 1 N–H and O–H groups in total. The van der Waals surface area contributed by atoms with E-state index in [1.807, 2.05) is 18.2 Å². The van der Waals surface area contributed by atoms with Crippen LogP contribution < -0.4 is 5.56 Å². The Labute approximate surface area is 125 Å². The minimum absolute atomic E-state index is 0.0277. The van der Waals surface area contributed by atoms with E-state index >= 15 is 0 Å². The van der Waals surface area contributed by atoms with Crippen LogP contribution in [0.4, 0.5) is 0 Å². The van der Waals surface area contributed by atoms with Gasteiger partial charge >= 0.3 is 0 Å². The number of aromatic amines is 1. The highest BCUT2D eigenvalue weighted by atomic mass is 32.1. The van der Waals surface area contributed by atoms with Crippen molar-refractivity contribution in [3.8, 4) is 11.5 Å². The van der Waals surface area contributed by atoms with Crippen LogP contribution in [-0.2, 0) is 12.8 Å². The highest BCUT2D eigenvalue weighted by molar-refractivity contribution is 7.18. The molecule has 21 heavy (non-hydrogen) atoms. The van der Waals surface area contributed by atoms with E-state index in [-0.39, 0.29) is 5.56 Å². The molecule has 0 radical (unpaired) electrons. The van der Waals surface area contributed by atoms with E-state index in [1.165, 1.54) is 29.7 Å². The van der Waals surface area contributed by atoms with E-state index in [1.54, 1.807) is 17.5 Å². The van der Waals surface area contributed by atoms with Crippen LogP contribution in [0.1, 0.15) is 29.7 Å². The Morgan fingerprint density at radius 2 is 2.05 bits per heavy atom. The Morgan fingerprint density at radius 1 is 1.14 bits per heavy atom. The lowest BCUT2D eigenvalue weighted by atomic mass is 10.1. The van der Waals surface area contributed by atoms with Gasteiger partial charge in [0.2, 0.25) is 0 Å². The summed E-state index contributed by atoms with van der Waals surface area (Å²) in [5, 5.41) is 0.802. The van der Waals surface area contributed by atoms with E-state index in [4.69, 9.17) is 0 Å². The number of H-pyrrole nitrogens is 1. The number of nitrogens with one attached hydrogen (secondary N) is 1. The van der Waals surface area contributed by atoms with Gasteiger partial charge in [-0.15, -0.1) is 11.3 Å². The fraction of sp³-hybridized carbons (Fsp3) is 0.312. The summed E-state index contributed by atoms with van der Waals surface area (Å²) in [6.45, 7) is 0. The molecule has 0 spiro atoms. The molecule has 3 heterocycles. The van der Waals surface area contributed by atoms with Crippen molar-refractivity contribution in [2.75, 3.05) is 0 Å². The normalized spacial score (nSPS) is 14.9. The average Bonchev–Trinajstić information content (AvgIpc) is 2.71. The van der Waals surface area contributed by atoms with Gasteiger partial charge in [0.1, 0.15) is 10.5 Å². The zero-order valence-electron chi connectivity index (χ0n) is 11.6. The van der Waals surface area contributed by atoms with Crippen LogP contribution >= 0.6 is 11.3 Å². The summed E-state index contributed by atoms with van der Waals surface area (Å²) in [6, 6.07) is 5.62. The molecule has 0 saturated heterocycles. The van der Waals surface area contributed by atoms with Crippen LogP contribution in [0.3, 0.4) is 0 Å². The fourth-order valence-electron chi connectivity index (χ4n) is 2.96. The molecule has 0 unspecified atom stereocenters. The molecule has 0 saturated carbocycles. The van der Waals surface area contributed by atoms with Crippen LogP contribution in [0, 0.1) is 0 Å². The van der Waals surface area contributed by atoms with Crippen molar-refractivity contribution in [3.05, 3.63) is 45.2 Å². The smallest absolute Gasteiger partial charge is 0.260 e. The number of aryl methyl sites for hydroxylation is 2. The number of pyridine rings is 1. The average molecular weight is 297 g/mol. The molecule has 3 aromatic rings. The third-order valence-corrected chi connectivity index (χ3v) is 5.17. The molecule has 3 aromatic heterocycles. The molecule has 5 heteroatoms. The number of fused-ring (bicyclic) bond motifs is 3. The summed E-state index contributed by atoms with van der Waals surface area (Å²) in [6.07, 6.45) is 7.42. The summed E-state index contributed by atoms with van der Waals surface area (Å²) in [5.41, 5.74) is 1.91. The molecule has 0 aromatic carbocycles. The number of rotatable bonds is 1. The van der Waals surface area contributed by atoms with Crippen molar-refractivity contribution < 1.29 is 0 Å². The van der Waals surface area contributed by atoms with Gasteiger partial charge in [-0.25, -0.2) is 4.98 Å². The third-order valence-electron chi connectivity index (χ3n) is 3.98. The Kier molecular flexibility index (Phi) is 3.07. The number of thiophene rings is 1. The monoisotopic (exact) mass is 297 g/mol. The maximum atomic E-state index is 12.5. The summed E-state index contributed by atoms with van der Waals surface area (Å²) >= 11 is 1.68. The Morgan fingerprint density at radius 3 is 2.90 bits per heavy atom. The van der Waals surface area contributed by atoms with Gasteiger partial charge in [-0.1, -0.05) is 12.5 Å². The molecule has 0 amide bonds. The number of hydrogen-bond acceptors (Lipinski definition) is 4. The van der Waals surface area contributed by atoms with Gasteiger partial charge in [0.05, 0.1) is 5.39 Å². The number of hydrogen-bond donors (Lipinski definition) is 1. The maximum absolute atomic E-state index is 12.5. The SMILES string of the molecule is O=c1[nH]c(-c2ccccn2)nc2sc3c(c12)CCCCC3. The van der Waals surface area contributed by atoms with Crippen molar-refractivity contribution in [3.63, 3.8) is 0 Å². The van der Waals surface area contributed by atoms with Gasteiger partial charge in [-0.3, -0.25) is 9.78 Å². The molecule has 0 atom stereocenters. The summed E-state index contributed by atoms with van der Waals surface area (Å²) < 4.78 is 0. The second-order valence-corrected chi connectivity index (χ2v) is 6.46. The van der Waals surface area contributed by atoms with E-state index < -0.39 is 0 Å². The number of aromatic nitrogens is 3. The molecular weight excluding hydrogens is 282 g/mol. The molecular formula is C16H15N3OS. The second-order valence-electron chi connectivity index (χ2n) is 5.37. The van der Waals surface area contributed by atoms with Crippen LogP contribution in [0.5, 0.6) is 0 Å². The molecule has 1 aliphatic carbocycles. The Bertz CT molecular complexity index is 851. The first-order valence-electron chi connectivity index (χ1n) is 7.29. The first-order valence-corrected chi connectivity index (χ1v) is 8.10. The van der Waals surface area contributed by atoms with Crippen molar-refractivity contribution in [1.29, 1.82) is 0 Å². The summed E-state index contributed by atoms with van der Waals surface area (Å²) in [4.78, 5) is 26.5. The highest BCUT2D eigenvalue weighted by Crippen LogP contribution is 2.33. The molecule has 0 aliphatic heterocycles. The minimum Gasteiger partial charge on any atom is -0.305 e. The largest absolute Gasteiger partial charge is 0.305 e. The second kappa shape index (κ2) is 5.07.